The molecule has 6 nitrogen and oxygen atoms in total. The van der Waals surface area contributed by atoms with E-state index in [0.717, 1.165) is 35.8 Å². The van der Waals surface area contributed by atoms with Gasteiger partial charge in [-0.2, -0.15) is 0 Å². The van der Waals surface area contributed by atoms with Crippen molar-refractivity contribution in [3.8, 4) is 11.5 Å². The summed E-state index contributed by atoms with van der Waals surface area (Å²) in [5, 5.41) is 3.02. The lowest BCUT2D eigenvalue weighted by Crippen LogP contribution is -2.51. The fourth-order valence-corrected chi connectivity index (χ4v) is 3.39. The molecule has 27 heavy (non-hydrogen) atoms. The van der Waals surface area contributed by atoms with Crippen LogP contribution in [0, 0.1) is 6.92 Å². The maximum Gasteiger partial charge on any atom is 0.317 e. The second kappa shape index (κ2) is 7.78. The molecule has 1 saturated heterocycles. The third-order valence-corrected chi connectivity index (χ3v) is 5.02. The molecule has 6 heteroatoms. The van der Waals surface area contributed by atoms with Gasteiger partial charge in [0, 0.05) is 44.5 Å². The average molecular weight is 367 g/mol. The van der Waals surface area contributed by atoms with Gasteiger partial charge in [-0.25, -0.2) is 4.79 Å². The Labute approximate surface area is 159 Å². The molecule has 2 aliphatic rings. The van der Waals surface area contributed by atoms with Crippen molar-refractivity contribution in [3.63, 3.8) is 0 Å². The first-order chi connectivity index (χ1) is 13.2. The topological polar surface area (TPSA) is 54.0 Å². The highest BCUT2D eigenvalue weighted by atomic mass is 16.6. The summed E-state index contributed by atoms with van der Waals surface area (Å²) < 4.78 is 11.2. The molecule has 1 fully saturated rings. The first-order valence-corrected chi connectivity index (χ1v) is 9.42. The first kappa shape index (κ1) is 17.5. The molecular weight excluding hydrogens is 342 g/mol. The van der Waals surface area contributed by atoms with Crippen molar-refractivity contribution in [1.82, 2.24) is 10.2 Å². The van der Waals surface area contributed by atoms with Gasteiger partial charge >= 0.3 is 6.03 Å². The van der Waals surface area contributed by atoms with E-state index in [4.69, 9.17) is 9.47 Å². The Morgan fingerprint density at radius 2 is 1.67 bits per heavy atom. The van der Waals surface area contributed by atoms with Crippen molar-refractivity contribution in [2.24, 2.45) is 0 Å². The van der Waals surface area contributed by atoms with Crippen LogP contribution in [0.4, 0.5) is 10.5 Å². The smallest absolute Gasteiger partial charge is 0.317 e. The number of urea groups is 1. The number of nitrogens with one attached hydrogen (secondary N) is 1. The second-order valence-corrected chi connectivity index (χ2v) is 6.95. The number of aryl methyl sites for hydroxylation is 1. The molecule has 0 aromatic heterocycles. The number of fused-ring (bicyclic) bond motifs is 1. The molecule has 0 saturated carbocycles. The lowest BCUT2D eigenvalue weighted by atomic mass is 10.1. The van der Waals surface area contributed by atoms with Crippen molar-refractivity contribution in [2.45, 2.75) is 13.5 Å². The molecule has 0 unspecified atom stereocenters. The van der Waals surface area contributed by atoms with Gasteiger partial charge < -0.3 is 24.6 Å². The number of anilines is 1. The summed E-state index contributed by atoms with van der Waals surface area (Å²) in [5.41, 5.74) is 3.45. The van der Waals surface area contributed by atoms with Crippen LogP contribution in [-0.2, 0) is 6.54 Å². The van der Waals surface area contributed by atoms with Gasteiger partial charge in [-0.3, -0.25) is 0 Å². The lowest BCUT2D eigenvalue weighted by molar-refractivity contribution is 0.171. The van der Waals surface area contributed by atoms with Gasteiger partial charge in [-0.05, 0) is 24.6 Å². The molecule has 0 spiro atoms. The van der Waals surface area contributed by atoms with Crippen LogP contribution in [0.25, 0.3) is 0 Å². The molecule has 0 radical (unpaired) electrons. The lowest BCUT2D eigenvalue weighted by Gasteiger charge is -2.36. The van der Waals surface area contributed by atoms with Crippen LogP contribution in [0.1, 0.15) is 11.1 Å². The number of hydrogen-bond acceptors (Lipinski definition) is 4. The minimum atomic E-state index is -0.00241. The first-order valence-electron chi connectivity index (χ1n) is 9.42. The summed E-state index contributed by atoms with van der Waals surface area (Å²) in [7, 11) is 0. The molecule has 1 N–H and O–H groups in total. The van der Waals surface area contributed by atoms with Gasteiger partial charge in [0.1, 0.15) is 13.2 Å². The van der Waals surface area contributed by atoms with E-state index < -0.39 is 0 Å². The van der Waals surface area contributed by atoms with E-state index in [-0.39, 0.29) is 6.03 Å². The van der Waals surface area contributed by atoms with Gasteiger partial charge in [0.25, 0.3) is 0 Å². The standard InChI is InChI=1S/C21H25N3O3/c1-16-2-4-17(5-3-16)15-22-21(25)24-10-8-23(9-11-24)18-6-7-19-20(14-18)27-13-12-26-19/h2-7,14H,8-13,15H2,1H3,(H,22,25). The minimum Gasteiger partial charge on any atom is -0.486 e. The van der Waals surface area contributed by atoms with Gasteiger partial charge in [0.15, 0.2) is 11.5 Å². The van der Waals surface area contributed by atoms with E-state index in [2.05, 4.69) is 47.5 Å². The number of carbonyl (C=O) groups excluding carboxylic acids is 1. The van der Waals surface area contributed by atoms with Crippen LogP contribution in [-0.4, -0.2) is 50.3 Å². The summed E-state index contributed by atoms with van der Waals surface area (Å²) in [6, 6.07) is 14.3. The summed E-state index contributed by atoms with van der Waals surface area (Å²) in [5.74, 6) is 1.61. The van der Waals surface area contributed by atoms with Gasteiger partial charge in [0.05, 0.1) is 0 Å². The maximum atomic E-state index is 12.4. The number of nitrogens with zero attached hydrogens (tertiary/aromatic N) is 2. The third kappa shape index (κ3) is 4.10. The fraction of sp³-hybridized carbons (Fsp3) is 0.381. The number of piperazine rings is 1. The van der Waals surface area contributed by atoms with E-state index in [1.807, 2.05) is 17.0 Å². The monoisotopic (exact) mass is 367 g/mol. The maximum absolute atomic E-state index is 12.4. The van der Waals surface area contributed by atoms with E-state index in [9.17, 15) is 4.79 Å². The van der Waals surface area contributed by atoms with Crippen LogP contribution in [0.3, 0.4) is 0 Å². The van der Waals surface area contributed by atoms with Crippen LogP contribution >= 0.6 is 0 Å². The highest BCUT2D eigenvalue weighted by molar-refractivity contribution is 5.74. The Kier molecular flexibility index (Phi) is 5.05. The van der Waals surface area contributed by atoms with Crippen LogP contribution in [0.5, 0.6) is 11.5 Å². The minimum absolute atomic E-state index is 0.00241. The predicted octanol–water partition coefficient (Wildman–Crippen LogP) is 2.80. The van der Waals surface area contributed by atoms with Crippen molar-refractivity contribution in [1.29, 1.82) is 0 Å². The predicted molar refractivity (Wildman–Crippen MR) is 105 cm³/mol. The molecule has 0 aliphatic carbocycles. The number of amides is 2. The van der Waals surface area contributed by atoms with Crippen LogP contribution in [0.15, 0.2) is 42.5 Å². The molecular formula is C21H25N3O3. The molecule has 0 atom stereocenters. The third-order valence-electron chi connectivity index (χ3n) is 5.02. The number of ether oxygens (including phenoxy) is 2. The van der Waals surface area contributed by atoms with Crippen molar-refractivity contribution in [3.05, 3.63) is 53.6 Å². The Bertz CT molecular complexity index is 799. The highest BCUT2D eigenvalue weighted by Crippen LogP contribution is 2.34. The van der Waals surface area contributed by atoms with Gasteiger partial charge in [0.2, 0.25) is 0 Å². The molecule has 2 heterocycles. The Morgan fingerprint density at radius 3 is 2.41 bits per heavy atom. The fourth-order valence-electron chi connectivity index (χ4n) is 3.39. The number of carbonyl (C=O) groups is 1. The van der Waals surface area contributed by atoms with Gasteiger partial charge in [-0.15, -0.1) is 0 Å². The quantitative estimate of drug-likeness (QED) is 0.906. The van der Waals surface area contributed by atoms with Crippen LogP contribution < -0.4 is 19.7 Å². The van der Waals surface area contributed by atoms with Crippen molar-refractivity contribution >= 4 is 11.7 Å². The highest BCUT2D eigenvalue weighted by Gasteiger charge is 2.22. The number of hydrogen-bond donors (Lipinski definition) is 1. The van der Waals surface area contributed by atoms with Gasteiger partial charge in [-0.1, -0.05) is 29.8 Å². The second-order valence-electron chi connectivity index (χ2n) is 6.95. The Morgan fingerprint density at radius 1 is 0.963 bits per heavy atom. The summed E-state index contributed by atoms with van der Waals surface area (Å²) in [4.78, 5) is 16.6. The zero-order valence-electron chi connectivity index (χ0n) is 15.6. The van der Waals surface area contributed by atoms with Crippen molar-refractivity contribution < 1.29 is 14.3 Å². The summed E-state index contributed by atoms with van der Waals surface area (Å²) in [6.45, 7) is 6.82. The SMILES string of the molecule is Cc1ccc(CNC(=O)N2CCN(c3ccc4c(c3)OCCO4)CC2)cc1. The van der Waals surface area contributed by atoms with Crippen molar-refractivity contribution in [2.75, 3.05) is 44.3 Å². The largest absolute Gasteiger partial charge is 0.486 e. The average Bonchev–Trinajstić information content (AvgIpc) is 2.73. The normalized spacial score (nSPS) is 16.2. The van der Waals surface area contributed by atoms with E-state index >= 15 is 0 Å². The van der Waals surface area contributed by atoms with Crippen LogP contribution in [0.2, 0.25) is 0 Å². The Balaban J connectivity index is 1.29. The molecule has 2 aromatic rings. The zero-order valence-corrected chi connectivity index (χ0v) is 15.6. The molecule has 4 rings (SSSR count). The molecule has 142 valence electrons. The molecule has 2 aromatic carbocycles. The van der Waals surface area contributed by atoms with E-state index in [0.29, 0.717) is 32.8 Å². The molecule has 2 amide bonds. The molecule has 2 aliphatic heterocycles. The summed E-state index contributed by atoms with van der Waals surface area (Å²) in [6.07, 6.45) is 0. The summed E-state index contributed by atoms with van der Waals surface area (Å²) >= 11 is 0. The van der Waals surface area contributed by atoms with E-state index in [1.54, 1.807) is 0 Å². The number of rotatable bonds is 3. The zero-order chi connectivity index (χ0) is 18.6. The van der Waals surface area contributed by atoms with E-state index in [1.165, 1.54) is 5.56 Å². The molecule has 0 bridgehead atoms. The Hall–Kier alpha value is -2.89. The number of benzene rings is 2.